The molecule has 1 heterocycles. The monoisotopic (exact) mass is 252 g/mol. The van der Waals surface area contributed by atoms with Crippen LogP contribution in [0.2, 0.25) is 0 Å². The molecule has 1 saturated heterocycles. The zero-order valence-electron chi connectivity index (χ0n) is 10.1. The van der Waals surface area contributed by atoms with Crippen LogP contribution >= 0.6 is 0 Å². The Labute approximate surface area is 106 Å². The summed E-state index contributed by atoms with van der Waals surface area (Å²) in [5.74, 6) is -0.232. The molecule has 1 aromatic rings. The number of halogens is 1. The van der Waals surface area contributed by atoms with Crippen molar-refractivity contribution in [3.63, 3.8) is 0 Å². The van der Waals surface area contributed by atoms with Gasteiger partial charge in [0.05, 0.1) is 12.6 Å². The van der Waals surface area contributed by atoms with E-state index in [1.54, 1.807) is 18.2 Å². The van der Waals surface area contributed by atoms with Gasteiger partial charge in [-0.2, -0.15) is 0 Å². The maximum absolute atomic E-state index is 13.3. The van der Waals surface area contributed by atoms with Gasteiger partial charge in [0, 0.05) is 13.2 Å². The SMILES string of the molecule is O=C(NCCc1ccccc1F)NC1CCOC1. The fourth-order valence-electron chi connectivity index (χ4n) is 1.90. The molecule has 1 aromatic carbocycles. The van der Waals surface area contributed by atoms with Crippen molar-refractivity contribution < 1.29 is 13.9 Å². The van der Waals surface area contributed by atoms with Gasteiger partial charge in [-0.3, -0.25) is 0 Å². The Morgan fingerprint density at radius 3 is 3.00 bits per heavy atom. The van der Waals surface area contributed by atoms with Crippen LogP contribution in [0.25, 0.3) is 0 Å². The Morgan fingerprint density at radius 2 is 2.28 bits per heavy atom. The van der Waals surface area contributed by atoms with E-state index in [1.807, 2.05) is 0 Å². The molecule has 4 nitrogen and oxygen atoms in total. The fraction of sp³-hybridized carbons (Fsp3) is 0.462. The van der Waals surface area contributed by atoms with Crippen molar-refractivity contribution in [1.82, 2.24) is 10.6 Å². The number of nitrogens with one attached hydrogen (secondary N) is 2. The zero-order valence-corrected chi connectivity index (χ0v) is 10.1. The van der Waals surface area contributed by atoms with Crippen LogP contribution in [0.1, 0.15) is 12.0 Å². The first-order valence-corrected chi connectivity index (χ1v) is 6.11. The van der Waals surface area contributed by atoms with Crippen LogP contribution in [0.15, 0.2) is 24.3 Å². The number of carbonyl (C=O) groups excluding carboxylic acids is 1. The van der Waals surface area contributed by atoms with Gasteiger partial charge in [0.2, 0.25) is 0 Å². The second-order valence-corrected chi connectivity index (χ2v) is 4.30. The molecule has 98 valence electrons. The molecule has 0 aliphatic carbocycles. The Balaban J connectivity index is 1.68. The van der Waals surface area contributed by atoms with Crippen molar-refractivity contribution in [3.8, 4) is 0 Å². The van der Waals surface area contributed by atoms with E-state index >= 15 is 0 Å². The molecule has 18 heavy (non-hydrogen) atoms. The van der Waals surface area contributed by atoms with Crippen LogP contribution < -0.4 is 10.6 Å². The summed E-state index contributed by atoms with van der Waals surface area (Å²) in [5, 5.41) is 5.52. The molecule has 0 bridgehead atoms. The van der Waals surface area contributed by atoms with E-state index in [9.17, 15) is 9.18 Å². The number of ether oxygens (including phenoxy) is 1. The van der Waals surface area contributed by atoms with E-state index in [-0.39, 0.29) is 17.9 Å². The molecule has 0 radical (unpaired) electrons. The molecule has 1 unspecified atom stereocenters. The highest BCUT2D eigenvalue weighted by Crippen LogP contribution is 2.06. The predicted octanol–water partition coefficient (Wildman–Crippen LogP) is 1.46. The van der Waals surface area contributed by atoms with E-state index in [0.29, 0.717) is 31.7 Å². The third-order valence-corrected chi connectivity index (χ3v) is 2.90. The van der Waals surface area contributed by atoms with E-state index in [0.717, 1.165) is 6.42 Å². The van der Waals surface area contributed by atoms with Gasteiger partial charge < -0.3 is 15.4 Å². The average molecular weight is 252 g/mol. The lowest BCUT2D eigenvalue weighted by Crippen LogP contribution is -2.43. The highest BCUT2D eigenvalue weighted by molar-refractivity contribution is 5.74. The van der Waals surface area contributed by atoms with Crippen LogP contribution in [0, 0.1) is 5.82 Å². The van der Waals surface area contributed by atoms with Crippen LogP contribution in [0.3, 0.4) is 0 Å². The number of rotatable bonds is 4. The molecular formula is C13H17FN2O2. The first-order valence-electron chi connectivity index (χ1n) is 6.11. The molecule has 0 aromatic heterocycles. The highest BCUT2D eigenvalue weighted by Gasteiger charge is 2.17. The lowest BCUT2D eigenvalue weighted by molar-refractivity contribution is 0.188. The molecule has 1 atom stereocenters. The molecule has 2 amide bonds. The summed E-state index contributed by atoms with van der Waals surface area (Å²) in [6.07, 6.45) is 1.34. The van der Waals surface area contributed by atoms with Crippen molar-refractivity contribution in [2.45, 2.75) is 18.9 Å². The van der Waals surface area contributed by atoms with Crippen molar-refractivity contribution in [2.75, 3.05) is 19.8 Å². The lowest BCUT2D eigenvalue weighted by atomic mass is 10.1. The predicted molar refractivity (Wildman–Crippen MR) is 65.9 cm³/mol. The molecule has 1 aliphatic rings. The molecule has 5 heteroatoms. The minimum absolute atomic E-state index is 0.0958. The normalized spacial score (nSPS) is 18.6. The number of urea groups is 1. The van der Waals surface area contributed by atoms with Gasteiger partial charge in [-0.05, 0) is 24.5 Å². The highest BCUT2D eigenvalue weighted by atomic mass is 19.1. The second-order valence-electron chi connectivity index (χ2n) is 4.30. The van der Waals surface area contributed by atoms with Crippen LogP contribution in [0.4, 0.5) is 9.18 Å². The zero-order chi connectivity index (χ0) is 12.8. The minimum Gasteiger partial charge on any atom is -0.379 e. The first-order chi connectivity index (χ1) is 8.75. The Hall–Kier alpha value is -1.62. The Kier molecular flexibility index (Phi) is 4.52. The van der Waals surface area contributed by atoms with Crippen molar-refractivity contribution in [3.05, 3.63) is 35.6 Å². The lowest BCUT2D eigenvalue weighted by Gasteiger charge is -2.11. The van der Waals surface area contributed by atoms with Gasteiger partial charge in [-0.25, -0.2) is 9.18 Å². The van der Waals surface area contributed by atoms with E-state index in [2.05, 4.69) is 10.6 Å². The van der Waals surface area contributed by atoms with Gasteiger partial charge in [-0.1, -0.05) is 18.2 Å². The van der Waals surface area contributed by atoms with Gasteiger partial charge in [-0.15, -0.1) is 0 Å². The summed E-state index contributed by atoms with van der Waals surface area (Å²) < 4.78 is 18.5. The summed E-state index contributed by atoms with van der Waals surface area (Å²) in [5.41, 5.74) is 0.613. The van der Waals surface area contributed by atoms with E-state index in [1.165, 1.54) is 6.07 Å². The van der Waals surface area contributed by atoms with E-state index < -0.39 is 0 Å². The van der Waals surface area contributed by atoms with Crippen LogP contribution in [-0.4, -0.2) is 31.8 Å². The average Bonchev–Trinajstić information content (AvgIpc) is 2.84. The van der Waals surface area contributed by atoms with Gasteiger partial charge in [0.1, 0.15) is 5.82 Å². The Morgan fingerprint density at radius 1 is 1.44 bits per heavy atom. The maximum Gasteiger partial charge on any atom is 0.315 e. The minimum atomic E-state index is -0.232. The molecule has 0 spiro atoms. The summed E-state index contributed by atoms with van der Waals surface area (Å²) >= 11 is 0. The summed E-state index contributed by atoms with van der Waals surface area (Å²) in [6, 6.07) is 6.46. The molecule has 0 saturated carbocycles. The molecule has 2 rings (SSSR count). The van der Waals surface area contributed by atoms with Crippen LogP contribution in [-0.2, 0) is 11.2 Å². The van der Waals surface area contributed by atoms with Crippen LogP contribution in [0.5, 0.6) is 0 Å². The first kappa shape index (κ1) is 12.8. The van der Waals surface area contributed by atoms with Crippen molar-refractivity contribution in [2.24, 2.45) is 0 Å². The van der Waals surface area contributed by atoms with Gasteiger partial charge in [0.15, 0.2) is 0 Å². The molecule has 2 N–H and O–H groups in total. The summed E-state index contributed by atoms with van der Waals surface area (Å²) in [7, 11) is 0. The molecular weight excluding hydrogens is 235 g/mol. The van der Waals surface area contributed by atoms with E-state index in [4.69, 9.17) is 4.74 Å². The third-order valence-electron chi connectivity index (χ3n) is 2.90. The molecule has 1 aliphatic heterocycles. The largest absolute Gasteiger partial charge is 0.379 e. The number of hydrogen-bond acceptors (Lipinski definition) is 2. The summed E-state index contributed by atoms with van der Waals surface area (Å²) in [4.78, 5) is 11.5. The second kappa shape index (κ2) is 6.35. The number of amides is 2. The fourth-order valence-corrected chi connectivity index (χ4v) is 1.90. The number of carbonyl (C=O) groups is 1. The van der Waals surface area contributed by atoms with Gasteiger partial charge >= 0.3 is 6.03 Å². The number of benzene rings is 1. The van der Waals surface area contributed by atoms with Crippen molar-refractivity contribution in [1.29, 1.82) is 0 Å². The van der Waals surface area contributed by atoms with Crippen molar-refractivity contribution >= 4 is 6.03 Å². The third kappa shape index (κ3) is 3.70. The quantitative estimate of drug-likeness (QED) is 0.852. The topological polar surface area (TPSA) is 50.4 Å². The molecule has 1 fully saturated rings. The summed E-state index contributed by atoms with van der Waals surface area (Å²) in [6.45, 7) is 1.68. The maximum atomic E-state index is 13.3. The standard InChI is InChI=1S/C13H17FN2O2/c14-12-4-2-1-3-10(12)5-7-15-13(17)16-11-6-8-18-9-11/h1-4,11H,5-9H2,(H2,15,16,17). The number of hydrogen-bond donors (Lipinski definition) is 2. The van der Waals surface area contributed by atoms with Gasteiger partial charge in [0.25, 0.3) is 0 Å². The smallest absolute Gasteiger partial charge is 0.315 e. The Bertz CT molecular complexity index is 406.